The van der Waals surface area contributed by atoms with Crippen LogP contribution < -0.4 is 16.0 Å². The summed E-state index contributed by atoms with van der Waals surface area (Å²) >= 11 is 0. The number of pyridine rings is 1. The minimum atomic E-state index is 0.522. The molecule has 1 aromatic heterocycles. The summed E-state index contributed by atoms with van der Waals surface area (Å²) in [7, 11) is 0. The lowest BCUT2D eigenvalue weighted by Gasteiger charge is -2.35. The summed E-state index contributed by atoms with van der Waals surface area (Å²) in [5.41, 5.74) is 6.71. The molecule has 4 heteroatoms. The van der Waals surface area contributed by atoms with Gasteiger partial charge in [-0.15, -0.1) is 0 Å². The van der Waals surface area contributed by atoms with Gasteiger partial charge in [0.25, 0.3) is 0 Å². The van der Waals surface area contributed by atoms with Crippen LogP contribution in [0.2, 0.25) is 0 Å². The molecule has 0 saturated carbocycles. The van der Waals surface area contributed by atoms with Crippen molar-refractivity contribution in [2.75, 3.05) is 30.3 Å². The Labute approximate surface area is 84.1 Å². The van der Waals surface area contributed by atoms with Crippen molar-refractivity contribution in [2.45, 2.75) is 13.0 Å². The Bertz CT molecular complexity index is 295. The van der Waals surface area contributed by atoms with Crippen LogP contribution in [-0.2, 0) is 0 Å². The summed E-state index contributed by atoms with van der Waals surface area (Å²) in [5.74, 6) is 0.580. The van der Waals surface area contributed by atoms with Crippen LogP contribution in [-0.4, -0.2) is 30.7 Å². The van der Waals surface area contributed by atoms with Crippen molar-refractivity contribution in [2.24, 2.45) is 0 Å². The van der Waals surface area contributed by atoms with Crippen LogP contribution in [0.3, 0.4) is 0 Å². The molecule has 2 rings (SSSR count). The van der Waals surface area contributed by atoms with E-state index in [1.165, 1.54) is 0 Å². The van der Waals surface area contributed by atoms with Gasteiger partial charge in [0, 0.05) is 25.7 Å². The van der Waals surface area contributed by atoms with Crippen LogP contribution in [0.1, 0.15) is 6.92 Å². The van der Waals surface area contributed by atoms with Gasteiger partial charge in [0.15, 0.2) is 0 Å². The predicted octanol–water partition coefficient (Wildman–Crippen LogP) is 0.462. The molecule has 1 fully saturated rings. The number of hydrogen-bond donors (Lipinski definition) is 2. The van der Waals surface area contributed by atoms with Crippen LogP contribution in [0.5, 0.6) is 0 Å². The van der Waals surface area contributed by atoms with Crippen molar-refractivity contribution in [1.29, 1.82) is 0 Å². The Hall–Kier alpha value is -1.29. The normalized spacial score (nSPS) is 22.4. The lowest BCUT2D eigenvalue weighted by Crippen LogP contribution is -2.49. The highest BCUT2D eigenvalue weighted by molar-refractivity contribution is 5.49. The van der Waals surface area contributed by atoms with E-state index in [0.717, 1.165) is 25.3 Å². The van der Waals surface area contributed by atoms with Crippen LogP contribution in [0.4, 0.5) is 11.5 Å². The van der Waals surface area contributed by atoms with E-state index in [1.54, 1.807) is 0 Å². The van der Waals surface area contributed by atoms with Gasteiger partial charge in [0.05, 0.1) is 11.9 Å². The first-order chi connectivity index (χ1) is 6.77. The maximum Gasteiger partial charge on any atom is 0.123 e. The molecule has 0 bridgehead atoms. The zero-order valence-electron chi connectivity index (χ0n) is 8.40. The second kappa shape index (κ2) is 3.84. The summed E-state index contributed by atoms with van der Waals surface area (Å²) in [4.78, 5) is 6.45. The van der Waals surface area contributed by atoms with Gasteiger partial charge >= 0.3 is 0 Å². The first-order valence-corrected chi connectivity index (χ1v) is 4.96. The fourth-order valence-electron chi connectivity index (χ4n) is 1.79. The average molecular weight is 192 g/mol. The first kappa shape index (κ1) is 9.27. The molecule has 0 aliphatic carbocycles. The van der Waals surface area contributed by atoms with Crippen molar-refractivity contribution in [1.82, 2.24) is 10.3 Å². The zero-order valence-corrected chi connectivity index (χ0v) is 8.40. The quantitative estimate of drug-likeness (QED) is 0.679. The minimum Gasteiger partial charge on any atom is -0.384 e. The minimum absolute atomic E-state index is 0.522. The molecule has 1 saturated heterocycles. The van der Waals surface area contributed by atoms with E-state index in [1.807, 2.05) is 18.3 Å². The van der Waals surface area contributed by atoms with E-state index in [9.17, 15) is 0 Å². The van der Waals surface area contributed by atoms with Gasteiger partial charge < -0.3 is 16.0 Å². The maximum absolute atomic E-state index is 5.55. The fourth-order valence-corrected chi connectivity index (χ4v) is 1.79. The van der Waals surface area contributed by atoms with E-state index in [-0.39, 0.29) is 0 Å². The molecule has 76 valence electrons. The molecule has 0 radical (unpaired) electrons. The predicted molar refractivity (Wildman–Crippen MR) is 58.3 cm³/mol. The number of hydrogen-bond acceptors (Lipinski definition) is 4. The van der Waals surface area contributed by atoms with Crippen LogP contribution >= 0.6 is 0 Å². The van der Waals surface area contributed by atoms with Gasteiger partial charge in [-0.05, 0) is 19.1 Å². The lowest BCUT2D eigenvalue weighted by molar-refractivity contribution is 0.500. The van der Waals surface area contributed by atoms with Crippen molar-refractivity contribution in [3.8, 4) is 0 Å². The molecule has 1 aliphatic heterocycles. The highest BCUT2D eigenvalue weighted by atomic mass is 15.2. The molecular formula is C10H16N4. The number of nitrogen functional groups attached to an aromatic ring is 1. The second-order valence-electron chi connectivity index (χ2n) is 3.69. The molecule has 4 nitrogen and oxygen atoms in total. The Morgan fingerprint density at radius 1 is 1.57 bits per heavy atom. The van der Waals surface area contributed by atoms with Crippen molar-refractivity contribution in [3.63, 3.8) is 0 Å². The summed E-state index contributed by atoms with van der Waals surface area (Å²) in [6.07, 6.45) is 1.84. The number of anilines is 2. The number of nitrogens with one attached hydrogen (secondary N) is 1. The number of rotatable bonds is 1. The molecular weight excluding hydrogens is 176 g/mol. The highest BCUT2D eigenvalue weighted by Crippen LogP contribution is 2.17. The molecule has 0 spiro atoms. The van der Waals surface area contributed by atoms with E-state index < -0.39 is 0 Å². The van der Waals surface area contributed by atoms with Gasteiger partial charge in [0.1, 0.15) is 5.82 Å². The van der Waals surface area contributed by atoms with Gasteiger partial charge in [0.2, 0.25) is 0 Å². The van der Waals surface area contributed by atoms with Gasteiger partial charge in [-0.25, -0.2) is 4.98 Å². The van der Waals surface area contributed by atoms with Crippen LogP contribution in [0.25, 0.3) is 0 Å². The van der Waals surface area contributed by atoms with E-state index in [2.05, 4.69) is 22.1 Å². The molecule has 0 unspecified atom stereocenters. The summed E-state index contributed by atoms with van der Waals surface area (Å²) in [6.45, 7) is 5.31. The fraction of sp³-hybridized carbons (Fsp3) is 0.500. The van der Waals surface area contributed by atoms with Gasteiger partial charge in [-0.1, -0.05) is 0 Å². The maximum atomic E-state index is 5.55. The highest BCUT2D eigenvalue weighted by Gasteiger charge is 2.17. The van der Waals surface area contributed by atoms with E-state index in [0.29, 0.717) is 11.9 Å². The summed E-state index contributed by atoms with van der Waals surface area (Å²) in [6, 6.07) is 4.41. The van der Waals surface area contributed by atoms with Crippen LogP contribution in [0, 0.1) is 0 Å². The molecule has 1 aliphatic rings. The third-order valence-corrected chi connectivity index (χ3v) is 2.60. The van der Waals surface area contributed by atoms with Crippen molar-refractivity contribution >= 4 is 11.5 Å². The van der Waals surface area contributed by atoms with E-state index >= 15 is 0 Å². The second-order valence-corrected chi connectivity index (χ2v) is 3.69. The third-order valence-electron chi connectivity index (χ3n) is 2.60. The molecule has 3 N–H and O–H groups in total. The SMILES string of the molecule is C[C@H]1CNCCN1c1ccc(N)nc1. The van der Waals surface area contributed by atoms with Crippen LogP contribution in [0.15, 0.2) is 18.3 Å². The van der Waals surface area contributed by atoms with E-state index in [4.69, 9.17) is 5.73 Å². The Morgan fingerprint density at radius 2 is 2.43 bits per heavy atom. The monoisotopic (exact) mass is 192 g/mol. The first-order valence-electron chi connectivity index (χ1n) is 4.96. The number of nitrogens with two attached hydrogens (primary N) is 1. The smallest absolute Gasteiger partial charge is 0.123 e. The molecule has 0 aromatic carbocycles. The van der Waals surface area contributed by atoms with Gasteiger partial charge in [-0.3, -0.25) is 0 Å². The molecule has 2 heterocycles. The Kier molecular flexibility index (Phi) is 2.54. The summed E-state index contributed by atoms with van der Waals surface area (Å²) in [5, 5.41) is 3.36. The molecule has 1 aromatic rings. The van der Waals surface area contributed by atoms with Gasteiger partial charge in [-0.2, -0.15) is 0 Å². The number of piperazine rings is 1. The lowest BCUT2D eigenvalue weighted by atomic mass is 10.2. The molecule has 0 amide bonds. The van der Waals surface area contributed by atoms with Crippen molar-refractivity contribution < 1.29 is 0 Å². The average Bonchev–Trinajstić information content (AvgIpc) is 2.20. The summed E-state index contributed by atoms with van der Waals surface area (Å²) < 4.78 is 0. The Balaban J connectivity index is 2.16. The third kappa shape index (κ3) is 1.80. The van der Waals surface area contributed by atoms with Crippen molar-refractivity contribution in [3.05, 3.63) is 18.3 Å². The zero-order chi connectivity index (χ0) is 9.97. The topological polar surface area (TPSA) is 54.2 Å². The molecule has 14 heavy (non-hydrogen) atoms. The largest absolute Gasteiger partial charge is 0.384 e. The Morgan fingerprint density at radius 3 is 3.07 bits per heavy atom. The number of aromatic nitrogens is 1. The standard InChI is InChI=1S/C10H16N4/c1-8-6-12-4-5-14(8)9-2-3-10(11)13-7-9/h2-3,7-8,12H,4-6H2,1H3,(H2,11,13)/t8-/m0/s1. The molecule has 1 atom stereocenters. The number of nitrogens with zero attached hydrogens (tertiary/aromatic N) is 2.